The van der Waals surface area contributed by atoms with E-state index in [4.69, 9.17) is 4.74 Å². The van der Waals surface area contributed by atoms with Gasteiger partial charge in [-0.05, 0) is 26.2 Å². The van der Waals surface area contributed by atoms with Gasteiger partial charge in [0.1, 0.15) is 0 Å². The molecule has 122 valence electrons. The van der Waals surface area contributed by atoms with Gasteiger partial charge >= 0.3 is 0 Å². The molecule has 1 atom stereocenters. The Kier molecular flexibility index (Phi) is 5.10. The van der Waals surface area contributed by atoms with Gasteiger partial charge in [0.25, 0.3) is 0 Å². The van der Waals surface area contributed by atoms with E-state index in [2.05, 4.69) is 26.7 Å². The van der Waals surface area contributed by atoms with Gasteiger partial charge in [-0.25, -0.2) is 4.98 Å². The van der Waals surface area contributed by atoms with Crippen molar-refractivity contribution in [3.05, 3.63) is 18.2 Å². The second-order valence-corrected chi connectivity index (χ2v) is 6.34. The molecule has 0 bridgehead atoms. The lowest BCUT2D eigenvalue weighted by Gasteiger charge is -2.32. The van der Waals surface area contributed by atoms with Crippen LogP contribution in [0.2, 0.25) is 0 Å². The van der Waals surface area contributed by atoms with Gasteiger partial charge in [0, 0.05) is 37.8 Å². The summed E-state index contributed by atoms with van der Waals surface area (Å²) < 4.78 is 7.55. The van der Waals surface area contributed by atoms with Crippen LogP contribution in [0.15, 0.2) is 12.5 Å². The van der Waals surface area contributed by atoms with Crippen LogP contribution < -0.4 is 5.32 Å². The number of amides is 1. The molecule has 22 heavy (non-hydrogen) atoms. The Labute approximate surface area is 131 Å². The van der Waals surface area contributed by atoms with E-state index >= 15 is 0 Å². The highest BCUT2D eigenvalue weighted by Gasteiger charge is 2.25. The summed E-state index contributed by atoms with van der Waals surface area (Å²) in [6, 6.07) is 1.04. The molecular formula is C16H26N4O2. The number of carbonyl (C=O) groups excluding carboxylic acids is 1. The lowest BCUT2D eigenvalue weighted by molar-refractivity contribution is -0.121. The molecule has 1 aromatic heterocycles. The van der Waals surface area contributed by atoms with Crippen molar-refractivity contribution in [1.29, 1.82) is 0 Å². The van der Waals surface area contributed by atoms with Crippen molar-refractivity contribution in [1.82, 2.24) is 19.8 Å². The smallest absolute Gasteiger partial charge is 0.220 e. The minimum atomic E-state index is 0.128. The van der Waals surface area contributed by atoms with Gasteiger partial charge in [0.05, 0.1) is 31.8 Å². The fraction of sp³-hybridized carbons (Fsp3) is 0.750. The second-order valence-electron chi connectivity index (χ2n) is 6.34. The summed E-state index contributed by atoms with van der Waals surface area (Å²) in [7, 11) is 0. The predicted molar refractivity (Wildman–Crippen MR) is 83.4 cm³/mol. The largest absolute Gasteiger partial charge is 0.379 e. The molecule has 1 aromatic rings. The highest BCUT2D eigenvalue weighted by molar-refractivity contribution is 5.75. The standard InChI is InChI=1S/C16H26N4O2/c1-13(19-6-8-22-9-7-19)2-5-16(21)18-11-15-10-17-12-20(15)14-3-4-14/h10,12-14H,2-9,11H2,1H3,(H,18,21)/t13-/m0/s1. The van der Waals surface area contributed by atoms with Gasteiger partial charge in [-0.1, -0.05) is 0 Å². The summed E-state index contributed by atoms with van der Waals surface area (Å²) >= 11 is 0. The van der Waals surface area contributed by atoms with Gasteiger partial charge in [-0.3, -0.25) is 9.69 Å². The zero-order valence-corrected chi connectivity index (χ0v) is 13.3. The minimum Gasteiger partial charge on any atom is -0.379 e. The Morgan fingerprint density at radius 3 is 2.95 bits per heavy atom. The molecule has 2 heterocycles. The van der Waals surface area contributed by atoms with Crippen LogP contribution in [-0.4, -0.2) is 52.7 Å². The Bertz CT molecular complexity index is 492. The summed E-state index contributed by atoms with van der Waals surface area (Å²) in [4.78, 5) is 18.6. The molecule has 6 nitrogen and oxygen atoms in total. The predicted octanol–water partition coefficient (Wildman–Crippen LogP) is 1.34. The lowest BCUT2D eigenvalue weighted by Crippen LogP contribution is -2.42. The Morgan fingerprint density at radius 2 is 2.23 bits per heavy atom. The Morgan fingerprint density at radius 1 is 1.45 bits per heavy atom. The number of aromatic nitrogens is 2. The van der Waals surface area contributed by atoms with E-state index in [0.29, 0.717) is 25.0 Å². The van der Waals surface area contributed by atoms with Crippen molar-refractivity contribution < 1.29 is 9.53 Å². The molecule has 1 saturated carbocycles. The van der Waals surface area contributed by atoms with Crippen LogP contribution in [0.5, 0.6) is 0 Å². The summed E-state index contributed by atoms with van der Waals surface area (Å²) in [5, 5.41) is 3.02. The van der Waals surface area contributed by atoms with Crippen LogP contribution in [0.25, 0.3) is 0 Å². The third-order valence-electron chi connectivity index (χ3n) is 4.61. The first kappa shape index (κ1) is 15.5. The van der Waals surface area contributed by atoms with Crippen molar-refractivity contribution in [2.24, 2.45) is 0 Å². The third kappa shape index (κ3) is 4.08. The first-order valence-corrected chi connectivity index (χ1v) is 8.33. The fourth-order valence-electron chi connectivity index (χ4n) is 2.97. The first-order valence-electron chi connectivity index (χ1n) is 8.33. The molecular weight excluding hydrogens is 280 g/mol. The number of carbonyl (C=O) groups is 1. The van der Waals surface area contributed by atoms with Gasteiger partial charge < -0.3 is 14.6 Å². The SMILES string of the molecule is C[C@@H](CCC(=O)NCc1cncn1C1CC1)N1CCOCC1. The summed E-state index contributed by atoms with van der Waals surface area (Å²) in [5.74, 6) is 0.128. The molecule has 2 fully saturated rings. The zero-order valence-electron chi connectivity index (χ0n) is 13.3. The maximum Gasteiger partial charge on any atom is 0.220 e. The van der Waals surface area contributed by atoms with E-state index in [1.807, 2.05) is 12.5 Å². The van der Waals surface area contributed by atoms with Crippen molar-refractivity contribution in [3.63, 3.8) is 0 Å². The molecule has 1 saturated heterocycles. The Hall–Kier alpha value is -1.40. The normalized spacial score (nSPS) is 20.8. The summed E-state index contributed by atoms with van der Waals surface area (Å²) in [6.45, 7) is 6.35. The average molecular weight is 306 g/mol. The molecule has 3 rings (SSSR count). The van der Waals surface area contributed by atoms with Gasteiger partial charge in [-0.15, -0.1) is 0 Å². The number of imidazole rings is 1. The van der Waals surface area contributed by atoms with Crippen molar-refractivity contribution >= 4 is 5.91 Å². The molecule has 2 aliphatic rings. The summed E-state index contributed by atoms with van der Waals surface area (Å²) in [5.41, 5.74) is 1.11. The van der Waals surface area contributed by atoms with E-state index < -0.39 is 0 Å². The van der Waals surface area contributed by atoms with Crippen molar-refractivity contribution in [2.45, 2.75) is 51.2 Å². The summed E-state index contributed by atoms with van der Waals surface area (Å²) in [6.07, 6.45) is 7.67. The van der Waals surface area contributed by atoms with Gasteiger partial charge in [0.2, 0.25) is 5.91 Å². The molecule has 0 spiro atoms. The molecule has 0 unspecified atom stereocenters. The van der Waals surface area contributed by atoms with Crippen LogP contribution in [0.3, 0.4) is 0 Å². The highest BCUT2D eigenvalue weighted by atomic mass is 16.5. The quantitative estimate of drug-likeness (QED) is 0.826. The van der Waals surface area contributed by atoms with E-state index in [1.165, 1.54) is 12.8 Å². The third-order valence-corrected chi connectivity index (χ3v) is 4.61. The first-order chi connectivity index (χ1) is 10.7. The van der Waals surface area contributed by atoms with Crippen LogP contribution in [0.1, 0.15) is 44.3 Å². The van der Waals surface area contributed by atoms with E-state index in [1.54, 1.807) is 0 Å². The maximum atomic E-state index is 12.0. The van der Waals surface area contributed by atoms with Crippen molar-refractivity contribution in [2.75, 3.05) is 26.3 Å². The zero-order chi connectivity index (χ0) is 15.4. The number of hydrogen-bond acceptors (Lipinski definition) is 4. The van der Waals surface area contributed by atoms with Crippen LogP contribution in [0.4, 0.5) is 0 Å². The van der Waals surface area contributed by atoms with E-state index in [9.17, 15) is 4.79 Å². The highest BCUT2D eigenvalue weighted by Crippen LogP contribution is 2.35. The van der Waals surface area contributed by atoms with Crippen LogP contribution >= 0.6 is 0 Å². The molecule has 0 radical (unpaired) electrons. The van der Waals surface area contributed by atoms with E-state index in [0.717, 1.165) is 38.4 Å². The molecule has 1 amide bonds. The molecule has 6 heteroatoms. The second kappa shape index (κ2) is 7.24. The minimum absolute atomic E-state index is 0.128. The maximum absolute atomic E-state index is 12.0. The van der Waals surface area contributed by atoms with Gasteiger partial charge in [-0.2, -0.15) is 0 Å². The average Bonchev–Trinajstić information content (AvgIpc) is 3.29. The molecule has 1 N–H and O–H groups in total. The van der Waals surface area contributed by atoms with E-state index in [-0.39, 0.29) is 5.91 Å². The Balaban J connectivity index is 1.37. The number of ether oxygens (including phenoxy) is 1. The lowest BCUT2D eigenvalue weighted by atomic mass is 10.1. The number of rotatable bonds is 7. The topological polar surface area (TPSA) is 59.4 Å². The fourth-order valence-corrected chi connectivity index (χ4v) is 2.97. The molecule has 1 aliphatic carbocycles. The monoisotopic (exact) mass is 306 g/mol. The number of nitrogens with one attached hydrogen (secondary N) is 1. The molecule has 1 aliphatic heterocycles. The number of hydrogen-bond donors (Lipinski definition) is 1. The van der Waals surface area contributed by atoms with Crippen LogP contribution in [-0.2, 0) is 16.1 Å². The number of morpholine rings is 1. The van der Waals surface area contributed by atoms with Gasteiger partial charge in [0.15, 0.2) is 0 Å². The molecule has 0 aromatic carbocycles. The number of nitrogens with zero attached hydrogens (tertiary/aromatic N) is 3. The van der Waals surface area contributed by atoms with Crippen LogP contribution in [0, 0.1) is 0 Å². The van der Waals surface area contributed by atoms with Crippen molar-refractivity contribution in [3.8, 4) is 0 Å².